The third-order valence-corrected chi connectivity index (χ3v) is 3.82. The third kappa shape index (κ3) is 3.72. The van der Waals surface area contributed by atoms with Gasteiger partial charge in [-0.1, -0.05) is 19.3 Å². The Morgan fingerprint density at radius 1 is 1.18 bits per heavy atom. The number of carbonyl (C=O) groups excluding carboxylic acids is 2. The highest BCUT2D eigenvalue weighted by molar-refractivity contribution is 5.79. The van der Waals surface area contributed by atoms with Crippen LogP contribution in [0.1, 0.15) is 51.4 Å². The number of rotatable bonds is 3. The van der Waals surface area contributed by atoms with Crippen molar-refractivity contribution in [2.45, 2.75) is 57.4 Å². The zero-order valence-electron chi connectivity index (χ0n) is 10.3. The van der Waals surface area contributed by atoms with Crippen molar-refractivity contribution in [3.63, 3.8) is 0 Å². The summed E-state index contributed by atoms with van der Waals surface area (Å²) in [5.74, 6) is 0.528. The Balaban J connectivity index is 1.72. The molecule has 2 amide bonds. The second kappa shape index (κ2) is 6.03. The zero-order valence-corrected chi connectivity index (χ0v) is 10.3. The second-order valence-corrected chi connectivity index (χ2v) is 5.24. The van der Waals surface area contributed by atoms with Gasteiger partial charge in [-0.05, 0) is 25.7 Å². The van der Waals surface area contributed by atoms with Gasteiger partial charge < -0.3 is 10.6 Å². The van der Waals surface area contributed by atoms with Gasteiger partial charge in [-0.2, -0.15) is 0 Å². The van der Waals surface area contributed by atoms with E-state index in [0.717, 1.165) is 32.1 Å². The molecule has 0 radical (unpaired) electrons. The molecule has 4 nitrogen and oxygen atoms in total. The van der Waals surface area contributed by atoms with Gasteiger partial charge in [0.05, 0.1) is 0 Å². The van der Waals surface area contributed by atoms with E-state index in [1.807, 2.05) is 0 Å². The number of carbonyl (C=O) groups is 2. The van der Waals surface area contributed by atoms with E-state index in [1.165, 1.54) is 12.8 Å². The van der Waals surface area contributed by atoms with E-state index in [2.05, 4.69) is 10.6 Å². The Kier molecular flexibility index (Phi) is 4.40. The summed E-state index contributed by atoms with van der Waals surface area (Å²) in [6.07, 6.45) is 8.08. The molecule has 2 aliphatic rings. The maximum Gasteiger partial charge on any atom is 0.223 e. The first-order valence-electron chi connectivity index (χ1n) is 6.83. The average molecular weight is 238 g/mol. The SMILES string of the molecule is O=C1CCCCC(CNC(=O)C2CCCC2)N1. The van der Waals surface area contributed by atoms with E-state index in [9.17, 15) is 9.59 Å². The van der Waals surface area contributed by atoms with Crippen LogP contribution in [0.5, 0.6) is 0 Å². The number of amides is 2. The quantitative estimate of drug-likeness (QED) is 0.779. The highest BCUT2D eigenvalue weighted by Gasteiger charge is 2.23. The van der Waals surface area contributed by atoms with Crippen LogP contribution in [0.2, 0.25) is 0 Å². The van der Waals surface area contributed by atoms with E-state index in [-0.39, 0.29) is 23.8 Å². The molecule has 0 aromatic heterocycles. The van der Waals surface area contributed by atoms with Gasteiger partial charge in [0, 0.05) is 24.9 Å². The minimum Gasteiger partial charge on any atom is -0.354 e. The van der Waals surface area contributed by atoms with Crippen LogP contribution < -0.4 is 10.6 Å². The maximum absolute atomic E-state index is 11.8. The third-order valence-electron chi connectivity index (χ3n) is 3.82. The minimum atomic E-state index is 0.127. The fourth-order valence-electron chi connectivity index (χ4n) is 2.76. The predicted octanol–water partition coefficient (Wildman–Crippen LogP) is 1.35. The second-order valence-electron chi connectivity index (χ2n) is 5.24. The minimum absolute atomic E-state index is 0.127. The lowest BCUT2D eigenvalue weighted by Crippen LogP contribution is -2.43. The van der Waals surface area contributed by atoms with Crippen LogP contribution in [0.4, 0.5) is 0 Å². The van der Waals surface area contributed by atoms with Gasteiger partial charge in [0.25, 0.3) is 0 Å². The van der Waals surface area contributed by atoms with Gasteiger partial charge >= 0.3 is 0 Å². The van der Waals surface area contributed by atoms with Crippen molar-refractivity contribution in [1.29, 1.82) is 0 Å². The molecule has 1 atom stereocenters. The molecular formula is C13H22N2O2. The molecule has 96 valence electrons. The molecule has 2 N–H and O–H groups in total. The normalized spacial score (nSPS) is 26.4. The van der Waals surface area contributed by atoms with Crippen LogP contribution in [0.25, 0.3) is 0 Å². The van der Waals surface area contributed by atoms with Gasteiger partial charge in [0.1, 0.15) is 0 Å². The van der Waals surface area contributed by atoms with Crippen LogP contribution in [-0.2, 0) is 9.59 Å². The lowest BCUT2D eigenvalue weighted by atomic mass is 10.1. The van der Waals surface area contributed by atoms with Crippen molar-refractivity contribution in [3.8, 4) is 0 Å². The maximum atomic E-state index is 11.8. The topological polar surface area (TPSA) is 58.2 Å². The van der Waals surface area contributed by atoms with Crippen LogP contribution >= 0.6 is 0 Å². The Labute approximate surface area is 103 Å². The van der Waals surface area contributed by atoms with Crippen LogP contribution in [0, 0.1) is 5.92 Å². The fourth-order valence-corrected chi connectivity index (χ4v) is 2.76. The first kappa shape index (κ1) is 12.4. The summed E-state index contributed by atoms with van der Waals surface area (Å²) in [6.45, 7) is 0.598. The molecular weight excluding hydrogens is 216 g/mol. The Morgan fingerprint density at radius 2 is 1.88 bits per heavy atom. The van der Waals surface area contributed by atoms with Gasteiger partial charge in [-0.15, -0.1) is 0 Å². The first-order valence-corrected chi connectivity index (χ1v) is 6.83. The number of hydrogen-bond acceptors (Lipinski definition) is 2. The molecule has 0 bridgehead atoms. The molecule has 1 saturated carbocycles. The van der Waals surface area contributed by atoms with Crippen molar-refractivity contribution in [2.75, 3.05) is 6.54 Å². The fraction of sp³-hybridized carbons (Fsp3) is 0.846. The molecule has 0 aromatic rings. The van der Waals surface area contributed by atoms with Crippen molar-refractivity contribution < 1.29 is 9.59 Å². The Bertz CT molecular complexity index is 285. The number of hydrogen-bond donors (Lipinski definition) is 2. The van der Waals surface area contributed by atoms with E-state index >= 15 is 0 Å². The molecule has 1 unspecified atom stereocenters. The smallest absolute Gasteiger partial charge is 0.223 e. The Hall–Kier alpha value is -1.06. The van der Waals surface area contributed by atoms with E-state index in [0.29, 0.717) is 13.0 Å². The monoisotopic (exact) mass is 238 g/mol. The highest BCUT2D eigenvalue weighted by Crippen LogP contribution is 2.24. The molecule has 1 aliphatic carbocycles. The van der Waals surface area contributed by atoms with Gasteiger partial charge in [-0.25, -0.2) is 0 Å². The molecule has 1 aliphatic heterocycles. The van der Waals surface area contributed by atoms with Crippen LogP contribution in [0.3, 0.4) is 0 Å². The van der Waals surface area contributed by atoms with Gasteiger partial charge in [0.2, 0.25) is 11.8 Å². The highest BCUT2D eigenvalue weighted by atomic mass is 16.2. The molecule has 2 fully saturated rings. The van der Waals surface area contributed by atoms with Crippen LogP contribution in [-0.4, -0.2) is 24.4 Å². The lowest BCUT2D eigenvalue weighted by molar-refractivity contribution is -0.125. The summed E-state index contributed by atoms with van der Waals surface area (Å²) >= 11 is 0. The van der Waals surface area contributed by atoms with Crippen molar-refractivity contribution in [3.05, 3.63) is 0 Å². The predicted molar refractivity (Wildman–Crippen MR) is 65.4 cm³/mol. The summed E-state index contributed by atoms with van der Waals surface area (Å²) in [4.78, 5) is 23.2. The number of nitrogens with one attached hydrogen (secondary N) is 2. The Morgan fingerprint density at radius 3 is 2.65 bits per heavy atom. The summed E-state index contributed by atoms with van der Waals surface area (Å²) in [7, 11) is 0. The molecule has 2 rings (SSSR count). The first-order chi connectivity index (χ1) is 8.25. The van der Waals surface area contributed by atoms with Gasteiger partial charge in [-0.3, -0.25) is 9.59 Å². The van der Waals surface area contributed by atoms with Gasteiger partial charge in [0.15, 0.2) is 0 Å². The summed E-state index contributed by atoms with van der Waals surface area (Å²) < 4.78 is 0. The largest absolute Gasteiger partial charge is 0.354 e. The molecule has 0 spiro atoms. The molecule has 1 heterocycles. The molecule has 1 saturated heterocycles. The summed E-state index contributed by atoms with van der Waals surface area (Å²) in [5.41, 5.74) is 0. The van der Waals surface area contributed by atoms with Crippen LogP contribution in [0.15, 0.2) is 0 Å². The average Bonchev–Trinajstić information content (AvgIpc) is 2.77. The van der Waals surface area contributed by atoms with Crippen molar-refractivity contribution in [2.24, 2.45) is 5.92 Å². The van der Waals surface area contributed by atoms with Crippen molar-refractivity contribution >= 4 is 11.8 Å². The van der Waals surface area contributed by atoms with Crippen molar-refractivity contribution in [1.82, 2.24) is 10.6 Å². The molecule has 4 heteroatoms. The summed E-state index contributed by atoms with van der Waals surface area (Å²) in [5, 5.41) is 5.96. The lowest BCUT2D eigenvalue weighted by Gasteiger charge is -2.18. The van der Waals surface area contributed by atoms with E-state index < -0.39 is 0 Å². The van der Waals surface area contributed by atoms with E-state index in [1.54, 1.807) is 0 Å². The standard InChI is InChI=1S/C13H22N2O2/c16-12-8-4-3-7-11(15-12)9-14-13(17)10-5-1-2-6-10/h10-11H,1-9H2,(H,14,17)(H,15,16). The molecule has 0 aromatic carbocycles. The van der Waals surface area contributed by atoms with E-state index in [4.69, 9.17) is 0 Å². The summed E-state index contributed by atoms with van der Waals surface area (Å²) in [6, 6.07) is 0.135. The zero-order chi connectivity index (χ0) is 12.1. The molecule has 17 heavy (non-hydrogen) atoms.